The lowest BCUT2D eigenvalue weighted by Gasteiger charge is -2.12. The van der Waals surface area contributed by atoms with Crippen molar-refractivity contribution in [3.8, 4) is 0 Å². The molecular weight excluding hydrogens is 212 g/mol. The van der Waals surface area contributed by atoms with Crippen LogP contribution in [0.15, 0.2) is 12.2 Å². The van der Waals surface area contributed by atoms with Gasteiger partial charge >= 0.3 is 0 Å². The molecule has 0 saturated carbocycles. The van der Waals surface area contributed by atoms with Gasteiger partial charge in [-0.3, -0.25) is 4.79 Å². The quantitative estimate of drug-likeness (QED) is 0.521. The summed E-state index contributed by atoms with van der Waals surface area (Å²) in [5.74, 6) is 2.03. The first-order chi connectivity index (χ1) is 7.77. The van der Waals surface area contributed by atoms with Gasteiger partial charge in [0.25, 0.3) is 0 Å². The summed E-state index contributed by atoms with van der Waals surface area (Å²) < 4.78 is 0. The highest BCUT2D eigenvalue weighted by molar-refractivity contribution is 5.72. The van der Waals surface area contributed by atoms with E-state index in [-0.39, 0.29) is 0 Å². The molecule has 17 heavy (non-hydrogen) atoms. The van der Waals surface area contributed by atoms with Crippen LogP contribution in [0.2, 0.25) is 0 Å². The van der Waals surface area contributed by atoms with Crippen LogP contribution in [0.1, 0.15) is 48.0 Å². The molecule has 0 aromatic carbocycles. The molecule has 0 aliphatic heterocycles. The minimum atomic E-state index is 0.322. The first-order valence-electron chi connectivity index (χ1n) is 6.35. The zero-order valence-electron chi connectivity index (χ0n) is 12.2. The van der Waals surface area contributed by atoms with Crippen molar-refractivity contribution < 1.29 is 9.59 Å². The normalized spacial score (nSPS) is 13.6. The maximum atomic E-state index is 10.2. The zero-order chi connectivity index (χ0) is 14.0. The maximum absolute atomic E-state index is 10.2. The summed E-state index contributed by atoms with van der Waals surface area (Å²) in [7, 11) is 0. The van der Waals surface area contributed by atoms with Crippen LogP contribution < -0.4 is 0 Å². The zero-order valence-corrected chi connectivity index (χ0v) is 12.2. The van der Waals surface area contributed by atoms with Crippen molar-refractivity contribution in [2.75, 3.05) is 0 Å². The number of carbonyl (C=O) groups excluding carboxylic acids is 2. The molecule has 0 amide bonds. The fourth-order valence-corrected chi connectivity index (χ4v) is 0.959. The van der Waals surface area contributed by atoms with E-state index in [9.17, 15) is 9.59 Å². The van der Waals surface area contributed by atoms with Crippen molar-refractivity contribution in [3.05, 3.63) is 12.2 Å². The Balaban J connectivity index is 0. The second-order valence-corrected chi connectivity index (χ2v) is 5.35. The van der Waals surface area contributed by atoms with Crippen molar-refractivity contribution >= 4 is 12.6 Å². The van der Waals surface area contributed by atoms with Crippen molar-refractivity contribution in [2.45, 2.75) is 48.0 Å². The topological polar surface area (TPSA) is 34.1 Å². The summed E-state index contributed by atoms with van der Waals surface area (Å²) in [4.78, 5) is 20.1. The average Bonchev–Trinajstić information content (AvgIpc) is 2.27. The molecule has 2 heteroatoms. The lowest BCUT2D eigenvalue weighted by atomic mass is 9.92. The monoisotopic (exact) mass is 240 g/mol. The van der Waals surface area contributed by atoms with E-state index in [2.05, 4.69) is 41.2 Å². The summed E-state index contributed by atoms with van der Waals surface area (Å²) in [6.07, 6.45) is 2.53. The summed E-state index contributed by atoms with van der Waals surface area (Å²) >= 11 is 0. The molecule has 0 heterocycles. The van der Waals surface area contributed by atoms with E-state index in [4.69, 9.17) is 0 Å². The Kier molecular flexibility index (Phi) is 11.1. The van der Waals surface area contributed by atoms with Gasteiger partial charge in [0.15, 0.2) is 0 Å². The van der Waals surface area contributed by atoms with E-state index in [1.165, 1.54) is 0 Å². The van der Waals surface area contributed by atoms with Crippen LogP contribution >= 0.6 is 0 Å². The van der Waals surface area contributed by atoms with Crippen LogP contribution in [0.25, 0.3) is 0 Å². The lowest BCUT2D eigenvalue weighted by molar-refractivity contribution is -0.108. The van der Waals surface area contributed by atoms with Gasteiger partial charge in [0.1, 0.15) is 12.6 Å². The van der Waals surface area contributed by atoms with E-state index < -0.39 is 0 Å². The second kappa shape index (κ2) is 10.2. The summed E-state index contributed by atoms with van der Waals surface area (Å²) in [5, 5.41) is 0. The summed E-state index contributed by atoms with van der Waals surface area (Å²) in [6.45, 7) is 16.2. The third-order valence-corrected chi connectivity index (χ3v) is 3.34. The third kappa shape index (κ3) is 9.98. The highest BCUT2D eigenvalue weighted by atomic mass is 16.1. The van der Waals surface area contributed by atoms with Crippen molar-refractivity contribution in [1.29, 1.82) is 0 Å². The highest BCUT2D eigenvalue weighted by Crippen LogP contribution is 2.15. The first-order valence-corrected chi connectivity index (χ1v) is 6.35. The lowest BCUT2D eigenvalue weighted by Crippen LogP contribution is -2.06. The van der Waals surface area contributed by atoms with Gasteiger partial charge in [-0.1, -0.05) is 48.1 Å². The number of hydrogen-bond acceptors (Lipinski definition) is 2. The molecule has 100 valence electrons. The van der Waals surface area contributed by atoms with E-state index in [0.717, 1.165) is 12.6 Å². The molecule has 0 aromatic heterocycles. The fraction of sp³-hybridized carbons (Fsp3) is 0.733. The van der Waals surface area contributed by atoms with Crippen molar-refractivity contribution in [3.63, 3.8) is 0 Å². The van der Waals surface area contributed by atoms with Crippen LogP contribution in [0.5, 0.6) is 0 Å². The Morgan fingerprint density at radius 3 is 1.59 bits per heavy atom. The number of aldehydes is 2. The Morgan fingerprint density at radius 2 is 1.47 bits per heavy atom. The van der Waals surface area contributed by atoms with Crippen LogP contribution in [0.4, 0.5) is 0 Å². The Labute approximate surface area is 106 Å². The fourth-order valence-electron chi connectivity index (χ4n) is 0.959. The van der Waals surface area contributed by atoms with E-state index in [1.54, 1.807) is 0 Å². The van der Waals surface area contributed by atoms with Gasteiger partial charge in [-0.2, -0.15) is 0 Å². The van der Waals surface area contributed by atoms with Gasteiger partial charge in [-0.15, -0.1) is 0 Å². The summed E-state index contributed by atoms with van der Waals surface area (Å²) in [6, 6.07) is 0. The molecule has 0 aliphatic rings. The number of rotatable bonds is 6. The van der Waals surface area contributed by atoms with Crippen molar-refractivity contribution in [2.24, 2.45) is 23.7 Å². The minimum absolute atomic E-state index is 0.322. The SMILES string of the molecule is C=C(C=O)C(C)C(C)C.CC(C)C(C)CC=O. The number of carbonyl (C=O) groups is 2. The molecule has 0 radical (unpaired) electrons. The van der Waals surface area contributed by atoms with E-state index >= 15 is 0 Å². The molecule has 0 saturated heterocycles. The molecular formula is C15H28O2. The molecule has 0 N–H and O–H groups in total. The van der Waals surface area contributed by atoms with Crippen molar-refractivity contribution in [1.82, 2.24) is 0 Å². The maximum Gasteiger partial charge on any atom is 0.145 e. The summed E-state index contributed by atoms with van der Waals surface area (Å²) in [5.41, 5.74) is 0.699. The molecule has 0 aliphatic carbocycles. The van der Waals surface area contributed by atoms with Gasteiger partial charge < -0.3 is 4.79 Å². The van der Waals surface area contributed by atoms with Gasteiger partial charge in [0.05, 0.1) is 0 Å². The Morgan fingerprint density at radius 1 is 1.00 bits per heavy atom. The van der Waals surface area contributed by atoms with E-state index in [1.807, 2.05) is 6.92 Å². The van der Waals surface area contributed by atoms with Crippen LogP contribution in [-0.2, 0) is 9.59 Å². The molecule has 2 atom stereocenters. The van der Waals surface area contributed by atoms with Gasteiger partial charge in [-0.05, 0) is 29.2 Å². The van der Waals surface area contributed by atoms with Gasteiger partial charge in [0, 0.05) is 6.42 Å². The Hall–Kier alpha value is -0.920. The van der Waals surface area contributed by atoms with Crippen LogP contribution in [0.3, 0.4) is 0 Å². The van der Waals surface area contributed by atoms with E-state index in [0.29, 0.717) is 35.7 Å². The number of allylic oxidation sites excluding steroid dienone is 1. The first kappa shape index (κ1) is 18.4. The standard InChI is InChI=1S/C8H14O.C7H14O/c1-6(2)8(4)7(3)5-9;1-6(2)7(3)4-5-8/h5-6,8H,3H2,1-2,4H3;5-7H,4H2,1-3H3. The highest BCUT2D eigenvalue weighted by Gasteiger charge is 2.08. The van der Waals surface area contributed by atoms with Crippen LogP contribution in [0, 0.1) is 23.7 Å². The molecule has 0 aromatic rings. The van der Waals surface area contributed by atoms with Crippen LogP contribution in [-0.4, -0.2) is 12.6 Å². The molecule has 0 rings (SSSR count). The predicted octanol–water partition coefficient (Wildman–Crippen LogP) is 3.90. The largest absolute Gasteiger partial charge is 0.303 e. The third-order valence-electron chi connectivity index (χ3n) is 3.34. The predicted molar refractivity (Wildman–Crippen MR) is 73.9 cm³/mol. The molecule has 0 spiro atoms. The number of hydrogen-bond donors (Lipinski definition) is 0. The van der Waals surface area contributed by atoms with Gasteiger partial charge in [-0.25, -0.2) is 0 Å². The molecule has 2 unspecified atom stereocenters. The minimum Gasteiger partial charge on any atom is -0.303 e. The second-order valence-electron chi connectivity index (χ2n) is 5.35. The van der Waals surface area contributed by atoms with Gasteiger partial charge in [0.2, 0.25) is 0 Å². The molecule has 2 nitrogen and oxygen atoms in total. The smallest absolute Gasteiger partial charge is 0.145 e. The average molecular weight is 240 g/mol. The Bertz CT molecular complexity index is 229. The molecule has 0 bridgehead atoms. The molecule has 0 fully saturated rings.